The summed E-state index contributed by atoms with van der Waals surface area (Å²) in [6.45, 7) is 1.40. The van der Waals surface area contributed by atoms with Crippen LogP contribution in [0.3, 0.4) is 0 Å². The molecule has 0 spiro atoms. The van der Waals surface area contributed by atoms with Gasteiger partial charge in [-0.15, -0.1) is 0 Å². The van der Waals surface area contributed by atoms with E-state index < -0.39 is 0 Å². The molecule has 0 aromatic heterocycles. The molecule has 10 heavy (non-hydrogen) atoms. The van der Waals surface area contributed by atoms with Gasteiger partial charge in [-0.25, -0.2) is 0 Å². The number of hydrogen-bond acceptors (Lipinski definition) is 3. The number of nitrogens with two attached hydrogens (primary N) is 1. The van der Waals surface area contributed by atoms with Crippen molar-refractivity contribution in [1.29, 1.82) is 0 Å². The summed E-state index contributed by atoms with van der Waals surface area (Å²) < 4.78 is 4.88. The zero-order valence-corrected chi connectivity index (χ0v) is 5.91. The summed E-state index contributed by atoms with van der Waals surface area (Å²) in [6, 6.07) is 0.0596. The molecule has 2 N–H and O–H groups in total. The van der Waals surface area contributed by atoms with Crippen molar-refractivity contribution in [3.05, 3.63) is 12.2 Å². The van der Waals surface area contributed by atoms with Crippen LogP contribution in [0.2, 0.25) is 0 Å². The Morgan fingerprint density at radius 1 is 1.70 bits per heavy atom. The molecule has 0 unspecified atom stereocenters. The number of carbonyl (C=O) groups excluding carboxylic acids is 1. The topological polar surface area (TPSA) is 52.3 Å². The molecule has 3 nitrogen and oxygen atoms in total. The summed E-state index contributed by atoms with van der Waals surface area (Å²) in [5, 5.41) is 0. The normalized spacial score (nSPS) is 30.6. The van der Waals surface area contributed by atoms with Crippen molar-refractivity contribution in [2.24, 2.45) is 5.73 Å². The van der Waals surface area contributed by atoms with E-state index in [9.17, 15) is 4.79 Å². The second-order valence-electron chi connectivity index (χ2n) is 2.43. The Morgan fingerprint density at radius 3 is 2.80 bits per heavy atom. The van der Waals surface area contributed by atoms with Gasteiger partial charge in [0.1, 0.15) is 6.10 Å². The van der Waals surface area contributed by atoms with Crippen LogP contribution in [0, 0.1) is 0 Å². The minimum absolute atomic E-state index is 0.0596. The van der Waals surface area contributed by atoms with Gasteiger partial charge in [0.05, 0.1) is 0 Å². The number of esters is 1. The Morgan fingerprint density at radius 2 is 2.40 bits per heavy atom. The third-order valence-corrected chi connectivity index (χ3v) is 1.39. The Balaban J connectivity index is 2.33. The summed E-state index contributed by atoms with van der Waals surface area (Å²) in [6.07, 6.45) is 4.31. The lowest BCUT2D eigenvalue weighted by Gasteiger charge is -2.08. The van der Waals surface area contributed by atoms with E-state index >= 15 is 0 Å². The van der Waals surface area contributed by atoms with E-state index in [1.807, 2.05) is 12.2 Å². The van der Waals surface area contributed by atoms with Crippen LogP contribution < -0.4 is 5.73 Å². The summed E-state index contributed by atoms with van der Waals surface area (Å²) in [7, 11) is 0. The molecule has 0 aromatic rings. The van der Waals surface area contributed by atoms with E-state index in [-0.39, 0.29) is 18.1 Å². The molecule has 0 radical (unpaired) electrons. The highest BCUT2D eigenvalue weighted by molar-refractivity contribution is 5.66. The Bertz CT molecular complexity index is 165. The fourth-order valence-electron chi connectivity index (χ4n) is 0.993. The van der Waals surface area contributed by atoms with Gasteiger partial charge in [-0.05, 0) is 6.08 Å². The van der Waals surface area contributed by atoms with Crippen LogP contribution in [-0.2, 0) is 9.53 Å². The quantitative estimate of drug-likeness (QED) is 0.419. The second kappa shape index (κ2) is 2.84. The van der Waals surface area contributed by atoms with Crippen molar-refractivity contribution in [1.82, 2.24) is 0 Å². The minimum Gasteiger partial charge on any atom is -0.458 e. The fourth-order valence-corrected chi connectivity index (χ4v) is 0.993. The highest BCUT2D eigenvalue weighted by Crippen LogP contribution is 2.11. The molecule has 0 aliphatic heterocycles. The molecule has 1 aliphatic rings. The SMILES string of the molecule is CC(=O)O[C@@H]1C=C[C@@H](N)C1. The van der Waals surface area contributed by atoms with Crippen LogP contribution in [0.4, 0.5) is 0 Å². The van der Waals surface area contributed by atoms with Crippen molar-refractivity contribution in [3.63, 3.8) is 0 Å². The van der Waals surface area contributed by atoms with E-state index in [1.54, 1.807) is 0 Å². The number of hydrogen-bond donors (Lipinski definition) is 1. The molecule has 1 aliphatic carbocycles. The first kappa shape index (κ1) is 7.28. The average molecular weight is 141 g/mol. The molecule has 0 heterocycles. The molecule has 0 saturated heterocycles. The van der Waals surface area contributed by atoms with E-state index in [4.69, 9.17) is 10.5 Å². The Kier molecular flexibility index (Phi) is 2.06. The van der Waals surface area contributed by atoms with Crippen LogP contribution in [0.25, 0.3) is 0 Å². The molecule has 0 bridgehead atoms. The van der Waals surface area contributed by atoms with Crippen LogP contribution in [0.5, 0.6) is 0 Å². The first-order valence-corrected chi connectivity index (χ1v) is 3.29. The highest BCUT2D eigenvalue weighted by atomic mass is 16.5. The van der Waals surface area contributed by atoms with Crippen LogP contribution in [0.1, 0.15) is 13.3 Å². The van der Waals surface area contributed by atoms with Crippen LogP contribution in [-0.4, -0.2) is 18.1 Å². The summed E-state index contributed by atoms with van der Waals surface area (Å²) in [4.78, 5) is 10.4. The fraction of sp³-hybridized carbons (Fsp3) is 0.571. The van der Waals surface area contributed by atoms with Crippen molar-refractivity contribution in [3.8, 4) is 0 Å². The van der Waals surface area contributed by atoms with Crippen LogP contribution in [0.15, 0.2) is 12.2 Å². The number of ether oxygens (including phenoxy) is 1. The molecule has 56 valence electrons. The third-order valence-electron chi connectivity index (χ3n) is 1.39. The predicted molar refractivity (Wildman–Crippen MR) is 37.3 cm³/mol. The maximum absolute atomic E-state index is 10.4. The van der Waals surface area contributed by atoms with Gasteiger partial charge in [-0.1, -0.05) is 6.08 Å². The van der Waals surface area contributed by atoms with E-state index in [1.165, 1.54) is 6.92 Å². The lowest BCUT2D eigenvalue weighted by molar-refractivity contribution is -0.144. The predicted octanol–water partition coefficient (Wildman–Crippen LogP) is 0.205. The molecular weight excluding hydrogens is 130 g/mol. The summed E-state index contributed by atoms with van der Waals surface area (Å²) in [5.74, 6) is -0.247. The first-order chi connectivity index (χ1) is 4.68. The van der Waals surface area contributed by atoms with Gasteiger partial charge in [0, 0.05) is 19.4 Å². The maximum atomic E-state index is 10.4. The third kappa shape index (κ3) is 1.84. The molecular formula is C7H11NO2. The summed E-state index contributed by atoms with van der Waals surface area (Å²) >= 11 is 0. The largest absolute Gasteiger partial charge is 0.458 e. The van der Waals surface area contributed by atoms with Gasteiger partial charge in [0.25, 0.3) is 0 Å². The molecule has 0 fully saturated rings. The zero-order chi connectivity index (χ0) is 7.56. The van der Waals surface area contributed by atoms with Crippen molar-refractivity contribution in [2.75, 3.05) is 0 Å². The van der Waals surface area contributed by atoms with Crippen molar-refractivity contribution >= 4 is 5.97 Å². The molecule has 3 heteroatoms. The van der Waals surface area contributed by atoms with Crippen molar-refractivity contribution < 1.29 is 9.53 Å². The summed E-state index contributed by atoms with van der Waals surface area (Å²) in [5.41, 5.74) is 5.52. The molecule has 0 amide bonds. The smallest absolute Gasteiger partial charge is 0.303 e. The molecule has 0 aromatic carbocycles. The lowest BCUT2D eigenvalue weighted by atomic mass is 10.2. The average Bonchev–Trinajstić information content (AvgIpc) is 2.13. The molecule has 2 atom stereocenters. The standard InChI is InChI=1S/C7H11NO2/c1-5(9)10-7-3-2-6(8)4-7/h2-3,6-7H,4,8H2,1H3/t6-,7-/m1/s1. The number of carbonyl (C=O) groups is 1. The van der Waals surface area contributed by atoms with Crippen molar-refractivity contribution in [2.45, 2.75) is 25.5 Å². The number of rotatable bonds is 1. The lowest BCUT2D eigenvalue weighted by Crippen LogP contribution is -2.19. The maximum Gasteiger partial charge on any atom is 0.303 e. The van der Waals surface area contributed by atoms with Gasteiger partial charge in [0.15, 0.2) is 0 Å². The second-order valence-corrected chi connectivity index (χ2v) is 2.43. The zero-order valence-electron chi connectivity index (χ0n) is 5.91. The Labute approximate surface area is 59.8 Å². The van der Waals surface area contributed by atoms with Gasteiger partial charge >= 0.3 is 5.97 Å². The van der Waals surface area contributed by atoms with E-state index in [0.717, 1.165) is 6.42 Å². The molecule has 1 rings (SSSR count). The highest BCUT2D eigenvalue weighted by Gasteiger charge is 2.17. The van der Waals surface area contributed by atoms with Gasteiger partial charge < -0.3 is 10.5 Å². The minimum atomic E-state index is -0.247. The van der Waals surface area contributed by atoms with Gasteiger partial charge in [0.2, 0.25) is 0 Å². The van der Waals surface area contributed by atoms with Gasteiger partial charge in [-0.2, -0.15) is 0 Å². The van der Waals surface area contributed by atoms with E-state index in [2.05, 4.69) is 0 Å². The first-order valence-electron chi connectivity index (χ1n) is 3.29. The van der Waals surface area contributed by atoms with Gasteiger partial charge in [-0.3, -0.25) is 4.79 Å². The monoisotopic (exact) mass is 141 g/mol. The Hall–Kier alpha value is -0.830. The van der Waals surface area contributed by atoms with E-state index in [0.29, 0.717) is 0 Å². The van der Waals surface area contributed by atoms with Crippen LogP contribution >= 0.6 is 0 Å². The molecule has 0 saturated carbocycles.